The van der Waals surface area contributed by atoms with Crippen molar-refractivity contribution in [3.05, 3.63) is 22.1 Å². The molecular weight excluding hydrogens is 256 g/mol. The highest BCUT2D eigenvalue weighted by Gasteiger charge is 2.20. The molecule has 4 nitrogen and oxygen atoms in total. The second kappa shape index (κ2) is 3.40. The van der Waals surface area contributed by atoms with Gasteiger partial charge < -0.3 is 0 Å². The van der Waals surface area contributed by atoms with Crippen LogP contribution in [-0.2, 0) is 12.8 Å². The van der Waals surface area contributed by atoms with Crippen LogP contribution in [-0.4, -0.2) is 19.6 Å². The third-order valence-corrected chi connectivity index (χ3v) is 4.72. The zero-order valence-corrected chi connectivity index (χ0v) is 10.6. The van der Waals surface area contributed by atoms with Gasteiger partial charge in [0.2, 0.25) is 5.28 Å². The van der Waals surface area contributed by atoms with Crippen LogP contribution in [0, 0.1) is 0 Å². The minimum absolute atomic E-state index is 0.392. The van der Waals surface area contributed by atoms with E-state index in [1.165, 1.54) is 29.6 Å². The predicted molar refractivity (Wildman–Crippen MR) is 67.8 cm³/mol. The summed E-state index contributed by atoms with van der Waals surface area (Å²) < 4.78 is 1.62. The largest absolute Gasteiger partial charge is 0.227 e. The SMILES string of the molecule is Clc1nc2sc3c(c2c2ncnn12)CCCC3. The topological polar surface area (TPSA) is 43.1 Å². The highest BCUT2D eigenvalue weighted by atomic mass is 35.5. The number of aryl methyl sites for hydroxylation is 2. The molecule has 3 heterocycles. The van der Waals surface area contributed by atoms with E-state index in [4.69, 9.17) is 11.6 Å². The predicted octanol–water partition coefficient (Wildman–Crippen LogP) is 2.87. The molecule has 0 saturated heterocycles. The van der Waals surface area contributed by atoms with Gasteiger partial charge in [-0.25, -0.2) is 9.97 Å². The van der Waals surface area contributed by atoms with E-state index < -0.39 is 0 Å². The fourth-order valence-electron chi connectivity index (χ4n) is 2.54. The van der Waals surface area contributed by atoms with Gasteiger partial charge in [-0.05, 0) is 42.8 Å². The van der Waals surface area contributed by atoms with Crippen molar-refractivity contribution < 1.29 is 0 Å². The molecule has 0 aromatic carbocycles. The zero-order chi connectivity index (χ0) is 11.4. The molecule has 86 valence electrons. The minimum atomic E-state index is 0.392. The molecule has 0 N–H and O–H groups in total. The molecule has 6 heteroatoms. The summed E-state index contributed by atoms with van der Waals surface area (Å²) in [6.07, 6.45) is 6.35. The van der Waals surface area contributed by atoms with Crippen LogP contribution < -0.4 is 0 Å². The van der Waals surface area contributed by atoms with E-state index in [2.05, 4.69) is 15.1 Å². The average molecular weight is 265 g/mol. The molecule has 0 bridgehead atoms. The van der Waals surface area contributed by atoms with Gasteiger partial charge in [0, 0.05) is 4.88 Å². The van der Waals surface area contributed by atoms with Crippen molar-refractivity contribution in [3.63, 3.8) is 0 Å². The molecule has 0 atom stereocenters. The monoisotopic (exact) mass is 264 g/mol. The van der Waals surface area contributed by atoms with Crippen LogP contribution in [0.2, 0.25) is 5.28 Å². The maximum Gasteiger partial charge on any atom is 0.227 e. The first-order chi connectivity index (χ1) is 8.34. The van der Waals surface area contributed by atoms with Crippen LogP contribution in [0.4, 0.5) is 0 Å². The van der Waals surface area contributed by atoms with Crippen molar-refractivity contribution in [1.82, 2.24) is 19.6 Å². The average Bonchev–Trinajstić information content (AvgIpc) is 2.90. The summed E-state index contributed by atoms with van der Waals surface area (Å²) in [5.41, 5.74) is 2.26. The second-order valence-electron chi connectivity index (χ2n) is 4.27. The highest BCUT2D eigenvalue weighted by Crippen LogP contribution is 2.37. The summed E-state index contributed by atoms with van der Waals surface area (Å²) in [6.45, 7) is 0. The van der Waals surface area contributed by atoms with E-state index in [0.717, 1.165) is 28.7 Å². The molecule has 3 aromatic rings. The van der Waals surface area contributed by atoms with Gasteiger partial charge in [-0.1, -0.05) is 0 Å². The summed E-state index contributed by atoms with van der Waals surface area (Å²) in [4.78, 5) is 11.2. The molecule has 3 aromatic heterocycles. The molecule has 17 heavy (non-hydrogen) atoms. The molecular formula is C11H9ClN4S. The minimum Gasteiger partial charge on any atom is -0.214 e. The molecule has 0 radical (unpaired) electrons. The molecule has 0 fully saturated rings. The van der Waals surface area contributed by atoms with Gasteiger partial charge in [0.05, 0.1) is 5.39 Å². The van der Waals surface area contributed by atoms with Gasteiger partial charge >= 0.3 is 0 Å². The van der Waals surface area contributed by atoms with Crippen molar-refractivity contribution in [2.24, 2.45) is 0 Å². The van der Waals surface area contributed by atoms with Crippen LogP contribution in [0.25, 0.3) is 15.9 Å². The van der Waals surface area contributed by atoms with Crippen molar-refractivity contribution in [1.29, 1.82) is 0 Å². The van der Waals surface area contributed by atoms with E-state index in [1.807, 2.05) is 0 Å². The van der Waals surface area contributed by atoms with Gasteiger partial charge in [0.15, 0.2) is 5.65 Å². The molecule has 0 amide bonds. The second-order valence-corrected chi connectivity index (χ2v) is 5.69. The van der Waals surface area contributed by atoms with Crippen LogP contribution in [0.3, 0.4) is 0 Å². The first kappa shape index (κ1) is 9.79. The van der Waals surface area contributed by atoms with E-state index in [9.17, 15) is 0 Å². The Balaban J connectivity index is 2.23. The summed E-state index contributed by atoms with van der Waals surface area (Å²) in [6, 6.07) is 0. The quantitative estimate of drug-likeness (QED) is 0.587. The number of nitrogens with zero attached hydrogens (tertiary/aromatic N) is 4. The number of hydrogen-bond acceptors (Lipinski definition) is 4. The van der Waals surface area contributed by atoms with E-state index >= 15 is 0 Å². The van der Waals surface area contributed by atoms with E-state index in [-0.39, 0.29) is 0 Å². The number of thiophene rings is 1. The summed E-state index contributed by atoms with van der Waals surface area (Å²) in [7, 11) is 0. The molecule has 0 spiro atoms. The Bertz CT molecular complexity index is 730. The lowest BCUT2D eigenvalue weighted by molar-refractivity contribution is 0.700. The summed E-state index contributed by atoms with van der Waals surface area (Å²) in [5.74, 6) is 0. The third-order valence-electron chi connectivity index (χ3n) is 3.29. The Morgan fingerprint density at radius 3 is 3.12 bits per heavy atom. The van der Waals surface area contributed by atoms with E-state index in [0.29, 0.717) is 5.28 Å². The van der Waals surface area contributed by atoms with Gasteiger partial charge in [-0.15, -0.1) is 11.3 Å². The van der Waals surface area contributed by atoms with Gasteiger partial charge in [0.1, 0.15) is 11.2 Å². The lowest BCUT2D eigenvalue weighted by Gasteiger charge is -2.10. The van der Waals surface area contributed by atoms with Crippen molar-refractivity contribution in [3.8, 4) is 0 Å². The molecule has 1 aliphatic carbocycles. The van der Waals surface area contributed by atoms with E-state index in [1.54, 1.807) is 15.9 Å². The highest BCUT2D eigenvalue weighted by molar-refractivity contribution is 7.19. The fraction of sp³-hybridized carbons (Fsp3) is 0.364. The van der Waals surface area contributed by atoms with Crippen LogP contribution in [0.1, 0.15) is 23.3 Å². The molecule has 4 rings (SSSR count). The molecule has 1 aliphatic rings. The first-order valence-corrected chi connectivity index (χ1v) is 6.83. The van der Waals surface area contributed by atoms with Gasteiger partial charge in [-0.2, -0.15) is 9.61 Å². The lowest BCUT2D eigenvalue weighted by atomic mass is 9.97. The van der Waals surface area contributed by atoms with Crippen molar-refractivity contribution >= 4 is 38.8 Å². The first-order valence-electron chi connectivity index (χ1n) is 5.64. The van der Waals surface area contributed by atoms with Gasteiger partial charge in [-0.3, -0.25) is 0 Å². The maximum atomic E-state index is 6.10. The molecule has 0 unspecified atom stereocenters. The Kier molecular flexibility index (Phi) is 1.96. The number of hydrogen-bond donors (Lipinski definition) is 0. The Hall–Kier alpha value is -1.20. The summed E-state index contributed by atoms with van der Waals surface area (Å²) in [5, 5.41) is 5.66. The fourth-order valence-corrected chi connectivity index (χ4v) is 4.05. The maximum absolute atomic E-state index is 6.10. The van der Waals surface area contributed by atoms with Gasteiger partial charge in [0.25, 0.3) is 0 Å². The standard InChI is InChI=1S/C11H9ClN4S/c12-11-15-10-8(9-13-5-14-16(9)11)6-3-1-2-4-7(6)17-10/h5H,1-4H2. The number of fused-ring (bicyclic) bond motifs is 5. The number of aromatic nitrogens is 4. The zero-order valence-electron chi connectivity index (χ0n) is 8.98. The van der Waals surface area contributed by atoms with Crippen molar-refractivity contribution in [2.75, 3.05) is 0 Å². The van der Waals surface area contributed by atoms with Crippen LogP contribution >= 0.6 is 22.9 Å². The Morgan fingerprint density at radius 2 is 2.18 bits per heavy atom. The Morgan fingerprint density at radius 1 is 1.29 bits per heavy atom. The van der Waals surface area contributed by atoms with Crippen LogP contribution in [0.5, 0.6) is 0 Å². The molecule has 0 aliphatic heterocycles. The molecule has 0 saturated carbocycles. The van der Waals surface area contributed by atoms with Crippen LogP contribution in [0.15, 0.2) is 6.33 Å². The lowest BCUT2D eigenvalue weighted by Crippen LogP contribution is -1.99. The normalized spacial score (nSPS) is 15.6. The smallest absolute Gasteiger partial charge is 0.214 e. The summed E-state index contributed by atoms with van der Waals surface area (Å²) >= 11 is 7.85. The number of halogens is 1. The number of rotatable bonds is 0. The Labute approximate surface area is 106 Å². The third kappa shape index (κ3) is 1.26. The van der Waals surface area contributed by atoms with Crippen molar-refractivity contribution in [2.45, 2.75) is 25.7 Å².